The van der Waals surface area contributed by atoms with Gasteiger partial charge in [-0.1, -0.05) is 13.8 Å². The molecule has 0 bridgehead atoms. The second-order valence-corrected chi connectivity index (χ2v) is 11.3. The van der Waals surface area contributed by atoms with Gasteiger partial charge in [-0.05, 0) is 99.0 Å². The summed E-state index contributed by atoms with van der Waals surface area (Å²) in [5, 5.41) is 35.2. The molecule has 0 saturated heterocycles. The Morgan fingerprint density at radius 2 is 1.84 bits per heavy atom. The van der Waals surface area contributed by atoms with Crippen molar-refractivity contribution in [2.75, 3.05) is 0 Å². The smallest absolute Gasteiger partial charge is 0.211 e. The van der Waals surface area contributed by atoms with Gasteiger partial charge in [0.25, 0.3) is 0 Å². The van der Waals surface area contributed by atoms with E-state index in [2.05, 4.69) is 29.1 Å². The highest BCUT2D eigenvalue weighted by Crippen LogP contribution is 2.68. The summed E-state index contributed by atoms with van der Waals surface area (Å²) >= 11 is 0. The number of aliphatic hydroxyl groups is 2. The molecule has 4 aliphatic carbocycles. The minimum Gasteiger partial charge on any atom is -0.393 e. The molecule has 0 aromatic carbocycles. The van der Waals surface area contributed by atoms with Crippen LogP contribution < -0.4 is 17.0 Å². The predicted molar refractivity (Wildman–Crippen MR) is 122 cm³/mol. The summed E-state index contributed by atoms with van der Waals surface area (Å²) in [5.74, 6) is 2.23. The van der Waals surface area contributed by atoms with Crippen LogP contribution in [0.2, 0.25) is 0 Å². The molecule has 8 atom stereocenters. The monoisotopic (exact) mass is 442 g/mol. The Morgan fingerprint density at radius 1 is 1.09 bits per heavy atom. The van der Waals surface area contributed by atoms with Crippen LogP contribution in [0.1, 0.15) is 71.6 Å². The molecule has 5 rings (SSSR count). The van der Waals surface area contributed by atoms with Crippen LogP contribution in [0.3, 0.4) is 0 Å². The fraction of sp³-hybridized carbons (Fsp3) is 0.792. The normalized spacial score (nSPS) is 46.1. The Kier molecular flexibility index (Phi) is 5.17. The predicted octanol–water partition coefficient (Wildman–Crippen LogP) is 2.02. The molecule has 6 N–H and O–H groups in total. The zero-order chi connectivity index (χ0) is 22.7. The van der Waals surface area contributed by atoms with Gasteiger partial charge in [0, 0.05) is 11.6 Å². The van der Waals surface area contributed by atoms with Crippen LogP contribution in [0.5, 0.6) is 0 Å². The van der Waals surface area contributed by atoms with Gasteiger partial charge in [-0.15, -0.1) is 10.2 Å². The average molecular weight is 443 g/mol. The van der Waals surface area contributed by atoms with E-state index >= 15 is 0 Å². The Balaban J connectivity index is 1.51. The lowest BCUT2D eigenvalue weighted by Gasteiger charge is -2.61. The Morgan fingerprint density at radius 3 is 2.62 bits per heavy atom. The molecule has 4 aliphatic rings. The minimum atomic E-state index is -1.13. The standard InChI is InChI=1S/C24H38N6O2/c1-22-14-16(31)7-5-15(22)6-8-17-18(22)9-11-23(2)19(17)10-12-24(23,32)30-20(4-3-13-27-30)28-29-21(25)26/h3-4,13,15-19,31-32H,5-12,14H2,1-2H3,(H4,25,26,29)/t15?,16?,17-,18-,19+,22+,23+,24?/m1/s1. The van der Waals surface area contributed by atoms with E-state index in [4.69, 9.17) is 11.5 Å². The number of nitrogens with zero attached hydrogens (tertiary/aromatic N) is 4. The summed E-state index contributed by atoms with van der Waals surface area (Å²) in [6, 6.07) is 3.57. The maximum Gasteiger partial charge on any atom is 0.211 e. The first kappa shape index (κ1) is 21.9. The fourth-order valence-electron chi connectivity index (χ4n) is 8.50. The van der Waals surface area contributed by atoms with Crippen LogP contribution in [0, 0.1) is 34.5 Å². The average Bonchev–Trinajstić information content (AvgIpc) is 3.03. The SMILES string of the molecule is C[C@]12CC(O)CCC1CC[C@@H]1[C@H]2CC[C@@]2(C)[C@H]1CCC2(O)n1ncccc1=NN=C(N)N. The molecule has 176 valence electrons. The molecular formula is C24H38N6O2. The van der Waals surface area contributed by atoms with E-state index in [1.165, 1.54) is 12.8 Å². The van der Waals surface area contributed by atoms with Crippen LogP contribution in [0.4, 0.5) is 0 Å². The van der Waals surface area contributed by atoms with Crippen LogP contribution >= 0.6 is 0 Å². The summed E-state index contributed by atoms with van der Waals surface area (Å²) in [6.07, 6.45) is 10.7. The molecule has 0 radical (unpaired) electrons. The number of nitrogens with two attached hydrogens (primary N) is 2. The topological polar surface area (TPSA) is 135 Å². The van der Waals surface area contributed by atoms with Crippen LogP contribution in [-0.4, -0.2) is 32.1 Å². The third kappa shape index (κ3) is 3.05. The van der Waals surface area contributed by atoms with E-state index in [-0.39, 0.29) is 22.9 Å². The minimum absolute atomic E-state index is 0.122. The number of hydrogen-bond acceptors (Lipinski definition) is 5. The van der Waals surface area contributed by atoms with Gasteiger partial charge in [-0.3, -0.25) is 0 Å². The van der Waals surface area contributed by atoms with Crippen molar-refractivity contribution in [2.45, 2.75) is 83.5 Å². The Bertz CT molecular complexity index is 973. The third-order valence-electron chi connectivity index (χ3n) is 10.0. The molecule has 1 aromatic rings. The molecule has 8 heteroatoms. The number of rotatable bonds is 2. The highest BCUT2D eigenvalue weighted by atomic mass is 16.3. The summed E-state index contributed by atoms with van der Waals surface area (Å²) in [5.41, 5.74) is 10.2. The second kappa shape index (κ2) is 7.55. The molecule has 0 aliphatic heterocycles. The summed E-state index contributed by atoms with van der Waals surface area (Å²) in [4.78, 5) is 0. The van der Waals surface area contributed by atoms with Crippen molar-refractivity contribution in [1.82, 2.24) is 9.78 Å². The molecule has 4 fully saturated rings. The number of guanidine groups is 1. The van der Waals surface area contributed by atoms with E-state index in [0.29, 0.717) is 29.7 Å². The summed E-state index contributed by atoms with van der Waals surface area (Å²) < 4.78 is 1.65. The van der Waals surface area contributed by atoms with E-state index < -0.39 is 5.72 Å². The number of hydrogen-bond donors (Lipinski definition) is 4. The van der Waals surface area contributed by atoms with Crippen LogP contribution in [0.15, 0.2) is 28.5 Å². The molecule has 32 heavy (non-hydrogen) atoms. The van der Waals surface area contributed by atoms with Crippen molar-refractivity contribution in [1.29, 1.82) is 0 Å². The van der Waals surface area contributed by atoms with E-state index in [0.717, 1.165) is 44.4 Å². The van der Waals surface area contributed by atoms with Gasteiger partial charge < -0.3 is 21.7 Å². The van der Waals surface area contributed by atoms with Crippen molar-refractivity contribution < 1.29 is 10.2 Å². The lowest BCUT2D eigenvalue weighted by molar-refractivity contribution is -0.196. The molecule has 1 aromatic heterocycles. The van der Waals surface area contributed by atoms with Crippen molar-refractivity contribution in [3.63, 3.8) is 0 Å². The lowest BCUT2D eigenvalue weighted by Crippen LogP contribution is -2.59. The number of aliphatic hydroxyl groups excluding tert-OH is 1. The zero-order valence-electron chi connectivity index (χ0n) is 19.3. The molecule has 0 amide bonds. The first-order chi connectivity index (χ1) is 15.2. The van der Waals surface area contributed by atoms with Gasteiger partial charge >= 0.3 is 0 Å². The quantitative estimate of drug-likeness (QED) is 0.316. The molecular weight excluding hydrogens is 404 g/mol. The molecule has 3 unspecified atom stereocenters. The van der Waals surface area contributed by atoms with E-state index in [1.807, 2.05) is 0 Å². The summed E-state index contributed by atoms with van der Waals surface area (Å²) in [7, 11) is 0. The first-order valence-electron chi connectivity index (χ1n) is 12.3. The molecule has 1 heterocycles. The van der Waals surface area contributed by atoms with Crippen LogP contribution in [0.25, 0.3) is 0 Å². The van der Waals surface area contributed by atoms with Gasteiger partial charge in [0.15, 0.2) is 11.2 Å². The number of fused-ring (bicyclic) bond motifs is 5. The highest BCUT2D eigenvalue weighted by Gasteiger charge is 2.65. The third-order valence-corrected chi connectivity index (χ3v) is 10.0. The number of aromatic nitrogens is 2. The fourth-order valence-corrected chi connectivity index (χ4v) is 8.50. The Labute approximate surface area is 189 Å². The highest BCUT2D eigenvalue weighted by molar-refractivity contribution is 5.75. The molecule has 8 nitrogen and oxygen atoms in total. The summed E-state index contributed by atoms with van der Waals surface area (Å²) in [6.45, 7) is 4.69. The maximum atomic E-state index is 12.2. The van der Waals surface area contributed by atoms with Crippen molar-refractivity contribution in [2.24, 2.45) is 56.2 Å². The van der Waals surface area contributed by atoms with E-state index in [9.17, 15) is 10.2 Å². The Hall–Kier alpha value is -1.93. The van der Waals surface area contributed by atoms with Crippen LogP contribution in [-0.2, 0) is 5.72 Å². The van der Waals surface area contributed by atoms with Gasteiger partial charge in [0.1, 0.15) is 0 Å². The largest absolute Gasteiger partial charge is 0.393 e. The lowest BCUT2D eigenvalue weighted by atomic mass is 9.44. The van der Waals surface area contributed by atoms with Crippen molar-refractivity contribution in [3.8, 4) is 0 Å². The maximum absolute atomic E-state index is 12.2. The van der Waals surface area contributed by atoms with Crippen molar-refractivity contribution >= 4 is 5.96 Å². The first-order valence-corrected chi connectivity index (χ1v) is 12.3. The van der Waals surface area contributed by atoms with Gasteiger partial charge in [-0.2, -0.15) is 5.10 Å². The van der Waals surface area contributed by atoms with Crippen molar-refractivity contribution in [3.05, 3.63) is 23.8 Å². The second-order valence-electron chi connectivity index (χ2n) is 11.3. The van der Waals surface area contributed by atoms with Gasteiger partial charge in [-0.25, -0.2) is 4.68 Å². The van der Waals surface area contributed by atoms with Gasteiger partial charge in [0.05, 0.1) is 6.10 Å². The van der Waals surface area contributed by atoms with Gasteiger partial charge in [0.2, 0.25) is 5.96 Å². The zero-order valence-corrected chi connectivity index (χ0v) is 19.3. The molecule has 4 saturated carbocycles. The molecule has 0 spiro atoms. The van der Waals surface area contributed by atoms with E-state index in [1.54, 1.807) is 23.0 Å².